The number of fused-ring (bicyclic) bond motifs is 3. The van der Waals surface area contributed by atoms with Gasteiger partial charge in [-0.1, -0.05) is 55.0 Å². The summed E-state index contributed by atoms with van der Waals surface area (Å²) in [5.74, 6) is 2.44. The van der Waals surface area contributed by atoms with E-state index >= 15 is 0 Å². The van der Waals surface area contributed by atoms with Crippen molar-refractivity contribution in [3.8, 4) is 5.75 Å². The lowest BCUT2D eigenvalue weighted by Crippen LogP contribution is -2.26. The molecule has 1 fully saturated rings. The van der Waals surface area contributed by atoms with Gasteiger partial charge in [-0.05, 0) is 36.0 Å². The van der Waals surface area contributed by atoms with Crippen LogP contribution in [0.25, 0.3) is 0 Å². The van der Waals surface area contributed by atoms with Crippen LogP contribution >= 0.6 is 0 Å². The molecule has 0 N–H and O–H groups in total. The molecular formula is C18H18O. The largest absolute Gasteiger partial charge is 0.485 e. The minimum atomic E-state index is 0.239. The van der Waals surface area contributed by atoms with Gasteiger partial charge in [-0.2, -0.15) is 0 Å². The molecule has 3 atom stereocenters. The van der Waals surface area contributed by atoms with E-state index < -0.39 is 0 Å². The Kier molecular flexibility index (Phi) is 2.58. The number of benzene rings is 2. The summed E-state index contributed by atoms with van der Waals surface area (Å²) in [5.41, 5.74) is 2.76. The molecule has 19 heavy (non-hydrogen) atoms. The lowest BCUT2D eigenvalue weighted by molar-refractivity contribution is 0.104. The molecule has 0 aromatic heterocycles. The fourth-order valence-electron chi connectivity index (χ4n) is 3.81. The normalized spacial score (nSPS) is 28.3. The summed E-state index contributed by atoms with van der Waals surface area (Å²) < 4.78 is 6.33. The molecule has 1 aliphatic heterocycles. The van der Waals surface area contributed by atoms with Crippen molar-refractivity contribution >= 4 is 0 Å². The van der Waals surface area contributed by atoms with E-state index in [1.165, 1.54) is 30.4 Å². The predicted octanol–water partition coefficient (Wildman–Crippen LogP) is 4.70. The van der Waals surface area contributed by atoms with Crippen LogP contribution in [0.2, 0.25) is 0 Å². The minimum absolute atomic E-state index is 0.239. The van der Waals surface area contributed by atoms with Gasteiger partial charge in [0.2, 0.25) is 0 Å². The summed E-state index contributed by atoms with van der Waals surface area (Å²) in [6.45, 7) is 0. The van der Waals surface area contributed by atoms with Crippen LogP contribution in [-0.4, -0.2) is 0 Å². The van der Waals surface area contributed by atoms with Crippen molar-refractivity contribution in [2.45, 2.75) is 31.3 Å². The van der Waals surface area contributed by atoms with E-state index in [-0.39, 0.29) is 6.10 Å². The average molecular weight is 250 g/mol. The maximum absolute atomic E-state index is 6.33. The van der Waals surface area contributed by atoms with Gasteiger partial charge in [0, 0.05) is 5.92 Å². The third-order valence-corrected chi connectivity index (χ3v) is 4.66. The average Bonchev–Trinajstić information content (AvgIpc) is 2.97. The Morgan fingerprint density at radius 2 is 1.63 bits per heavy atom. The van der Waals surface area contributed by atoms with E-state index in [0.717, 1.165) is 5.75 Å². The van der Waals surface area contributed by atoms with Crippen molar-refractivity contribution in [1.29, 1.82) is 0 Å². The highest BCUT2D eigenvalue weighted by atomic mass is 16.5. The number of ether oxygens (including phenoxy) is 1. The number of rotatable bonds is 1. The second-order valence-corrected chi connectivity index (χ2v) is 5.69. The molecule has 4 rings (SSSR count). The van der Waals surface area contributed by atoms with E-state index in [2.05, 4.69) is 54.6 Å². The molecule has 1 heteroatoms. The molecule has 1 heterocycles. The van der Waals surface area contributed by atoms with Gasteiger partial charge in [0.25, 0.3) is 0 Å². The van der Waals surface area contributed by atoms with Crippen LogP contribution in [0.15, 0.2) is 54.6 Å². The molecule has 0 amide bonds. The van der Waals surface area contributed by atoms with Gasteiger partial charge in [0.15, 0.2) is 0 Å². The summed E-state index contributed by atoms with van der Waals surface area (Å²) in [6, 6.07) is 19.3. The second-order valence-electron chi connectivity index (χ2n) is 5.69. The van der Waals surface area contributed by atoms with Crippen molar-refractivity contribution in [3.63, 3.8) is 0 Å². The Labute approximate surface area is 114 Å². The van der Waals surface area contributed by atoms with Gasteiger partial charge in [0.05, 0.1) is 0 Å². The van der Waals surface area contributed by atoms with E-state index in [1.807, 2.05) is 0 Å². The summed E-state index contributed by atoms with van der Waals surface area (Å²) in [7, 11) is 0. The SMILES string of the molecule is c1ccc([C@H]2Oc3ccccc3[C@H]3CCC[C@H]32)cc1. The fourth-order valence-corrected chi connectivity index (χ4v) is 3.81. The smallest absolute Gasteiger partial charge is 0.127 e. The first-order chi connectivity index (χ1) is 9.43. The van der Waals surface area contributed by atoms with Crippen molar-refractivity contribution < 1.29 is 4.74 Å². The predicted molar refractivity (Wildman–Crippen MR) is 76.3 cm³/mol. The molecule has 2 aliphatic rings. The Bertz CT molecular complexity index is 575. The van der Waals surface area contributed by atoms with Gasteiger partial charge >= 0.3 is 0 Å². The molecule has 2 aromatic rings. The zero-order valence-corrected chi connectivity index (χ0v) is 11.0. The van der Waals surface area contributed by atoms with Crippen LogP contribution in [-0.2, 0) is 0 Å². The van der Waals surface area contributed by atoms with E-state index in [4.69, 9.17) is 4.74 Å². The lowest BCUT2D eigenvalue weighted by atomic mass is 9.80. The summed E-state index contributed by atoms with van der Waals surface area (Å²) in [5, 5.41) is 0. The van der Waals surface area contributed by atoms with E-state index in [1.54, 1.807) is 0 Å². The van der Waals surface area contributed by atoms with Crippen LogP contribution < -0.4 is 4.74 Å². The summed E-state index contributed by atoms with van der Waals surface area (Å²) >= 11 is 0. The van der Waals surface area contributed by atoms with Crippen LogP contribution in [0.1, 0.15) is 42.4 Å². The van der Waals surface area contributed by atoms with Crippen molar-refractivity contribution in [3.05, 3.63) is 65.7 Å². The third kappa shape index (κ3) is 1.76. The Hall–Kier alpha value is -1.76. The Morgan fingerprint density at radius 1 is 0.842 bits per heavy atom. The summed E-state index contributed by atoms with van der Waals surface area (Å²) in [6.07, 6.45) is 4.17. The number of hydrogen-bond donors (Lipinski definition) is 0. The highest BCUT2D eigenvalue weighted by Gasteiger charge is 2.41. The van der Waals surface area contributed by atoms with Gasteiger partial charge in [-0.25, -0.2) is 0 Å². The first-order valence-corrected chi connectivity index (χ1v) is 7.24. The van der Waals surface area contributed by atoms with Crippen LogP contribution in [0.3, 0.4) is 0 Å². The third-order valence-electron chi connectivity index (χ3n) is 4.66. The van der Waals surface area contributed by atoms with Crippen molar-refractivity contribution in [1.82, 2.24) is 0 Å². The van der Waals surface area contributed by atoms with Gasteiger partial charge in [0.1, 0.15) is 11.9 Å². The standard InChI is InChI=1S/C18H18O/c1-2-7-13(8-3-1)18-16-11-6-10-14(16)15-9-4-5-12-17(15)19-18/h1-5,7-9,12,14,16,18H,6,10-11H2/t14-,16-,18-/m1/s1. The maximum atomic E-state index is 6.33. The molecule has 96 valence electrons. The van der Waals surface area contributed by atoms with Crippen LogP contribution in [0.4, 0.5) is 0 Å². The number of para-hydroxylation sites is 1. The second kappa shape index (κ2) is 4.41. The summed E-state index contributed by atoms with van der Waals surface area (Å²) in [4.78, 5) is 0. The zero-order chi connectivity index (χ0) is 12.7. The van der Waals surface area contributed by atoms with Crippen molar-refractivity contribution in [2.75, 3.05) is 0 Å². The van der Waals surface area contributed by atoms with Gasteiger partial charge < -0.3 is 4.74 Å². The van der Waals surface area contributed by atoms with E-state index in [0.29, 0.717) is 11.8 Å². The fraction of sp³-hybridized carbons (Fsp3) is 0.333. The zero-order valence-electron chi connectivity index (χ0n) is 11.0. The monoisotopic (exact) mass is 250 g/mol. The maximum Gasteiger partial charge on any atom is 0.127 e. The molecule has 1 nitrogen and oxygen atoms in total. The topological polar surface area (TPSA) is 9.23 Å². The molecule has 0 unspecified atom stereocenters. The first kappa shape index (κ1) is 11.1. The molecule has 0 saturated heterocycles. The van der Waals surface area contributed by atoms with E-state index in [9.17, 15) is 0 Å². The number of hydrogen-bond acceptors (Lipinski definition) is 1. The Balaban J connectivity index is 1.79. The highest BCUT2D eigenvalue weighted by molar-refractivity contribution is 5.41. The minimum Gasteiger partial charge on any atom is -0.485 e. The molecule has 0 spiro atoms. The molecule has 1 saturated carbocycles. The molecule has 1 aliphatic carbocycles. The van der Waals surface area contributed by atoms with Crippen LogP contribution in [0, 0.1) is 5.92 Å². The van der Waals surface area contributed by atoms with Gasteiger partial charge in [-0.3, -0.25) is 0 Å². The lowest BCUT2D eigenvalue weighted by Gasteiger charge is -2.36. The molecule has 2 aromatic carbocycles. The van der Waals surface area contributed by atoms with Gasteiger partial charge in [-0.15, -0.1) is 0 Å². The molecule has 0 radical (unpaired) electrons. The molecular weight excluding hydrogens is 232 g/mol. The quantitative estimate of drug-likeness (QED) is 0.712. The van der Waals surface area contributed by atoms with Crippen LogP contribution in [0.5, 0.6) is 5.75 Å². The first-order valence-electron chi connectivity index (χ1n) is 7.24. The Morgan fingerprint density at radius 3 is 2.53 bits per heavy atom. The molecule has 0 bridgehead atoms. The van der Waals surface area contributed by atoms with Crippen molar-refractivity contribution in [2.24, 2.45) is 5.92 Å². The highest BCUT2D eigenvalue weighted by Crippen LogP contribution is 2.53.